The van der Waals surface area contributed by atoms with Gasteiger partial charge in [0.05, 0.1) is 18.1 Å². The van der Waals surface area contributed by atoms with Crippen molar-refractivity contribution >= 4 is 10.0 Å². The number of ether oxygens (including phenoxy) is 1. The van der Waals surface area contributed by atoms with E-state index in [2.05, 4.69) is 11.6 Å². The van der Waals surface area contributed by atoms with Crippen molar-refractivity contribution in [3.05, 3.63) is 42.0 Å². The molecule has 0 aliphatic heterocycles. The Kier molecular flexibility index (Phi) is 8.38. The van der Waals surface area contributed by atoms with Crippen molar-refractivity contribution in [3.63, 3.8) is 0 Å². The molecule has 0 saturated heterocycles. The molecule has 0 aromatic heterocycles. The zero-order valence-electron chi connectivity index (χ0n) is 13.7. The molecule has 4 nitrogen and oxygen atoms in total. The maximum Gasteiger partial charge on any atom is 0.240 e. The zero-order chi connectivity index (χ0) is 16.4. The second kappa shape index (κ2) is 9.77. The fourth-order valence-corrected chi connectivity index (χ4v) is 3.26. The maximum absolute atomic E-state index is 12.4. The summed E-state index contributed by atoms with van der Waals surface area (Å²) in [6.07, 6.45) is 6.59. The van der Waals surface area contributed by atoms with E-state index in [0.717, 1.165) is 24.8 Å². The molecule has 1 aromatic rings. The molecule has 0 heterocycles. The molecule has 0 bridgehead atoms. The minimum atomic E-state index is -3.50. The van der Waals surface area contributed by atoms with Crippen molar-refractivity contribution in [2.75, 3.05) is 13.2 Å². The van der Waals surface area contributed by atoms with Crippen LogP contribution in [0.25, 0.3) is 0 Å². The molecular weight excluding hydrogens is 298 g/mol. The highest BCUT2D eigenvalue weighted by atomic mass is 32.2. The molecule has 0 aliphatic carbocycles. The maximum atomic E-state index is 12.4. The summed E-state index contributed by atoms with van der Waals surface area (Å²) >= 11 is 0. The topological polar surface area (TPSA) is 55.4 Å². The molecule has 1 N–H and O–H groups in total. The Labute approximate surface area is 134 Å². The van der Waals surface area contributed by atoms with Gasteiger partial charge in [-0.15, -0.1) is 0 Å². The van der Waals surface area contributed by atoms with E-state index in [4.69, 9.17) is 4.74 Å². The molecule has 0 amide bonds. The van der Waals surface area contributed by atoms with Gasteiger partial charge in [0.25, 0.3) is 0 Å². The van der Waals surface area contributed by atoms with E-state index in [9.17, 15) is 8.42 Å². The van der Waals surface area contributed by atoms with E-state index < -0.39 is 10.0 Å². The standard InChI is InChI=1S/C17H27NO3S/c1-4-6-8-16(14-21-13-7-5-2)18-22(19,20)17-11-9-15(3)10-12-17/h5,7,9-12,16,18H,4,6,8,13-14H2,1-3H3/b7-5+. The highest BCUT2D eigenvalue weighted by molar-refractivity contribution is 7.89. The van der Waals surface area contributed by atoms with Gasteiger partial charge in [0.15, 0.2) is 0 Å². The van der Waals surface area contributed by atoms with Crippen molar-refractivity contribution in [2.24, 2.45) is 0 Å². The predicted molar refractivity (Wildman–Crippen MR) is 90.4 cm³/mol. The van der Waals surface area contributed by atoms with Crippen LogP contribution >= 0.6 is 0 Å². The summed E-state index contributed by atoms with van der Waals surface area (Å²) in [6.45, 7) is 6.84. The van der Waals surface area contributed by atoms with Gasteiger partial charge in [-0.25, -0.2) is 13.1 Å². The van der Waals surface area contributed by atoms with Gasteiger partial charge in [0.1, 0.15) is 0 Å². The van der Waals surface area contributed by atoms with Crippen molar-refractivity contribution in [1.82, 2.24) is 4.72 Å². The SMILES string of the molecule is C/C=C/COCC(CCCC)NS(=O)(=O)c1ccc(C)cc1. The van der Waals surface area contributed by atoms with Gasteiger partial charge in [0, 0.05) is 6.04 Å². The summed E-state index contributed by atoms with van der Waals surface area (Å²) in [5, 5.41) is 0. The number of allylic oxidation sites excluding steroid dienone is 1. The van der Waals surface area contributed by atoms with Crippen molar-refractivity contribution in [2.45, 2.75) is 51.0 Å². The third-order valence-electron chi connectivity index (χ3n) is 3.33. The van der Waals surface area contributed by atoms with Gasteiger partial charge in [-0.2, -0.15) is 0 Å². The molecule has 5 heteroatoms. The Balaban J connectivity index is 2.71. The van der Waals surface area contributed by atoms with Gasteiger partial charge in [-0.05, 0) is 32.4 Å². The second-order valence-electron chi connectivity index (χ2n) is 5.38. The lowest BCUT2D eigenvalue weighted by atomic mass is 10.1. The molecule has 22 heavy (non-hydrogen) atoms. The fraction of sp³-hybridized carbons (Fsp3) is 0.529. The monoisotopic (exact) mass is 325 g/mol. The van der Waals surface area contributed by atoms with E-state index in [1.54, 1.807) is 24.3 Å². The number of nitrogens with one attached hydrogen (secondary N) is 1. The molecule has 0 aliphatic rings. The number of sulfonamides is 1. The lowest BCUT2D eigenvalue weighted by molar-refractivity contribution is 0.138. The van der Waals surface area contributed by atoms with Gasteiger partial charge in [-0.3, -0.25) is 0 Å². The number of hydrogen-bond donors (Lipinski definition) is 1. The van der Waals surface area contributed by atoms with E-state index >= 15 is 0 Å². The van der Waals surface area contributed by atoms with E-state index in [-0.39, 0.29) is 6.04 Å². The Morgan fingerprint density at radius 2 is 1.95 bits per heavy atom. The first-order chi connectivity index (χ1) is 10.5. The molecule has 1 aromatic carbocycles. The number of rotatable bonds is 10. The summed E-state index contributed by atoms with van der Waals surface area (Å²) in [5.41, 5.74) is 1.04. The van der Waals surface area contributed by atoms with Crippen LogP contribution in [0.15, 0.2) is 41.3 Å². The first kappa shape index (κ1) is 18.9. The van der Waals surface area contributed by atoms with Crippen LogP contribution in [0, 0.1) is 6.92 Å². The number of benzene rings is 1. The molecule has 124 valence electrons. The number of aryl methyl sites for hydroxylation is 1. The first-order valence-corrected chi connectivity index (χ1v) is 9.25. The minimum absolute atomic E-state index is 0.198. The molecule has 1 atom stereocenters. The fourth-order valence-electron chi connectivity index (χ4n) is 2.01. The average molecular weight is 325 g/mol. The summed E-state index contributed by atoms with van der Waals surface area (Å²) in [4.78, 5) is 0.299. The largest absolute Gasteiger partial charge is 0.376 e. The van der Waals surface area contributed by atoms with Crippen LogP contribution < -0.4 is 4.72 Å². The van der Waals surface area contributed by atoms with E-state index in [1.165, 1.54) is 0 Å². The summed E-state index contributed by atoms with van der Waals surface area (Å²) in [5.74, 6) is 0. The first-order valence-electron chi connectivity index (χ1n) is 7.77. The van der Waals surface area contributed by atoms with Gasteiger partial charge in [-0.1, -0.05) is 49.6 Å². The lowest BCUT2D eigenvalue weighted by Crippen LogP contribution is -2.38. The highest BCUT2D eigenvalue weighted by Gasteiger charge is 2.19. The Hall–Kier alpha value is -1.17. The Morgan fingerprint density at radius 3 is 2.55 bits per heavy atom. The van der Waals surface area contributed by atoms with Crippen LogP contribution in [-0.2, 0) is 14.8 Å². The van der Waals surface area contributed by atoms with E-state index in [0.29, 0.717) is 18.1 Å². The number of unbranched alkanes of at least 4 members (excludes halogenated alkanes) is 1. The molecule has 0 spiro atoms. The van der Waals surface area contributed by atoms with Crippen LogP contribution in [0.2, 0.25) is 0 Å². The minimum Gasteiger partial charge on any atom is -0.376 e. The van der Waals surface area contributed by atoms with Gasteiger partial charge < -0.3 is 4.74 Å². The highest BCUT2D eigenvalue weighted by Crippen LogP contribution is 2.12. The Bertz CT molecular complexity index is 550. The summed E-state index contributed by atoms with van der Waals surface area (Å²) in [6, 6.07) is 6.68. The summed E-state index contributed by atoms with van der Waals surface area (Å²) in [7, 11) is -3.50. The Morgan fingerprint density at radius 1 is 1.27 bits per heavy atom. The smallest absolute Gasteiger partial charge is 0.240 e. The molecular formula is C17H27NO3S. The van der Waals surface area contributed by atoms with Crippen LogP contribution in [0.5, 0.6) is 0 Å². The molecule has 0 radical (unpaired) electrons. The van der Waals surface area contributed by atoms with Crippen LogP contribution in [0.3, 0.4) is 0 Å². The molecule has 0 fully saturated rings. The third kappa shape index (κ3) is 6.73. The predicted octanol–water partition coefficient (Wildman–Crippen LogP) is 3.42. The van der Waals surface area contributed by atoms with Gasteiger partial charge >= 0.3 is 0 Å². The van der Waals surface area contributed by atoms with Crippen LogP contribution in [0.4, 0.5) is 0 Å². The quantitative estimate of drug-likeness (QED) is 0.530. The van der Waals surface area contributed by atoms with Gasteiger partial charge in [0.2, 0.25) is 10.0 Å². The third-order valence-corrected chi connectivity index (χ3v) is 4.86. The molecule has 1 unspecified atom stereocenters. The molecule has 1 rings (SSSR count). The van der Waals surface area contributed by atoms with Crippen molar-refractivity contribution in [1.29, 1.82) is 0 Å². The normalized spacial score (nSPS) is 13.6. The van der Waals surface area contributed by atoms with Crippen LogP contribution in [-0.4, -0.2) is 27.7 Å². The van der Waals surface area contributed by atoms with Crippen molar-refractivity contribution < 1.29 is 13.2 Å². The second-order valence-corrected chi connectivity index (χ2v) is 7.09. The number of hydrogen-bond acceptors (Lipinski definition) is 3. The zero-order valence-corrected chi connectivity index (χ0v) is 14.5. The molecule has 0 saturated carbocycles. The van der Waals surface area contributed by atoms with Crippen molar-refractivity contribution in [3.8, 4) is 0 Å². The van der Waals surface area contributed by atoms with Crippen LogP contribution in [0.1, 0.15) is 38.7 Å². The van der Waals surface area contributed by atoms with E-state index in [1.807, 2.05) is 26.0 Å². The lowest BCUT2D eigenvalue weighted by Gasteiger charge is -2.18. The average Bonchev–Trinajstić information content (AvgIpc) is 2.49. The summed E-state index contributed by atoms with van der Waals surface area (Å²) < 4.78 is 33.1.